The van der Waals surface area contributed by atoms with Gasteiger partial charge in [-0.1, -0.05) is 30.3 Å². The van der Waals surface area contributed by atoms with Crippen molar-refractivity contribution in [1.29, 1.82) is 0 Å². The van der Waals surface area contributed by atoms with E-state index in [2.05, 4.69) is 10.4 Å². The molecule has 0 aliphatic heterocycles. The summed E-state index contributed by atoms with van der Waals surface area (Å²) in [5.74, 6) is -0.908. The molecule has 3 rings (SSSR count). The predicted molar refractivity (Wildman–Crippen MR) is 110 cm³/mol. The van der Waals surface area contributed by atoms with Crippen LogP contribution in [0.15, 0.2) is 42.5 Å². The van der Waals surface area contributed by atoms with E-state index in [-0.39, 0.29) is 13.0 Å². The number of carbonyl (C=O) groups is 3. The van der Waals surface area contributed by atoms with Gasteiger partial charge in [0.05, 0.1) is 24.2 Å². The number of esters is 1. The summed E-state index contributed by atoms with van der Waals surface area (Å²) in [4.78, 5) is 35.5. The minimum Gasteiger partial charge on any atom is -0.452 e. The lowest BCUT2D eigenvalue weighted by Gasteiger charge is -2.14. The van der Waals surface area contributed by atoms with Crippen molar-refractivity contribution in [3.8, 4) is 0 Å². The number of anilines is 1. The van der Waals surface area contributed by atoms with Gasteiger partial charge < -0.3 is 10.1 Å². The zero-order chi connectivity index (χ0) is 21.0. The van der Waals surface area contributed by atoms with Crippen molar-refractivity contribution in [2.24, 2.45) is 0 Å². The van der Waals surface area contributed by atoms with Crippen LogP contribution in [-0.2, 0) is 20.9 Å². The van der Waals surface area contributed by atoms with Crippen molar-refractivity contribution in [2.45, 2.75) is 39.8 Å². The molecule has 2 aromatic carbocycles. The van der Waals surface area contributed by atoms with Gasteiger partial charge in [0.2, 0.25) is 0 Å². The Morgan fingerprint density at radius 1 is 1.17 bits per heavy atom. The van der Waals surface area contributed by atoms with Gasteiger partial charge in [0.1, 0.15) is 0 Å². The van der Waals surface area contributed by atoms with E-state index in [9.17, 15) is 14.4 Å². The molecule has 0 fully saturated rings. The van der Waals surface area contributed by atoms with Crippen molar-refractivity contribution in [1.82, 2.24) is 9.78 Å². The second kappa shape index (κ2) is 8.68. The number of rotatable bonds is 7. The highest BCUT2D eigenvalue weighted by Crippen LogP contribution is 2.19. The normalized spacial score (nSPS) is 11.8. The number of fused-ring (bicyclic) bond motifs is 1. The summed E-state index contributed by atoms with van der Waals surface area (Å²) in [7, 11) is 0. The molecular formula is C22H23N3O4. The number of benzene rings is 2. The van der Waals surface area contributed by atoms with Crippen molar-refractivity contribution < 1.29 is 19.1 Å². The summed E-state index contributed by atoms with van der Waals surface area (Å²) in [5.41, 5.74) is 2.49. The van der Waals surface area contributed by atoms with E-state index in [0.29, 0.717) is 22.6 Å². The third kappa shape index (κ3) is 4.68. The van der Waals surface area contributed by atoms with Gasteiger partial charge in [-0.15, -0.1) is 0 Å². The number of amides is 1. The van der Waals surface area contributed by atoms with E-state index in [1.165, 1.54) is 6.92 Å². The van der Waals surface area contributed by atoms with Crippen molar-refractivity contribution in [3.63, 3.8) is 0 Å². The van der Waals surface area contributed by atoms with E-state index in [0.717, 1.165) is 17.1 Å². The zero-order valence-electron chi connectivity index (χ0n) is 16.6. The molecule has 1 heterocycles. The first-order valence-corrected chi connectivity index (χ1v) is 9.37. The summed E-state index contributed by atoms with van der Waals surface area (Å²) < 4.78 is 6.83. The molecule has 29 heavy (non-hydrogen) atoms. The number of aromatic nitrogens is 2. The van der Waals surface area contributed by atoms with Crippen LogP contribution in [0.3, 0.4) is 0 Å². The largest absolute Gasteiger partial charge is 0.452 e. The Morgan fingerprint density at radius 3 is 2.59 bits per heavy atom. The lowest BCUT2D eigenvalue weighted by Crippen LogP contribution is -2.30. The van der Waals surface area contributed by atoms with Crippen LogP contribution in [0.5, 0.6) is 0 Å². The Bertz CT molecular complexity index is 1070. The molecule has 0 saturated heterocycles. The fourth-order valence-electron chi connectivity index (χ4n) is 3.12. The summed E-state index contributed by atoms with van der Waals surface area (Å²) in [6, 6.07) is 13.4. The number of ether oxygens (including phenoxy) is 1. The molecule has 0 unspecified atom stereocenters. The number of nitrogens with zero attached hydrogens (tertiary/aromatic N) is 2. The molecule has 3 aromatic rings. The molecule has 1 aromatic heterocycles. The van der Waals surface area contributed by atoms with Crippen LogP contribution in [-0.4, -0.2) is 34.0 Å². The second-order valence-electron chi connectivity index (χ2n) is 6.86. The van der Waals surface area contributed by atoms with Gasteiger partial charge in [-0.2, -0.15) is 5.10 Å². The zero-order valence-corrected chi connectivity index (χ0v) is 16.6. The summed E-state index contributed by atoms with van der Waals surface area (Å²) in [6.07, 6.45) is -0.125. The van der Waals surface area contributed by atoms with Gasteiger partial charge >= 0.3 is 5.97 Å². The Balaban J connectivity index is 1.54. The molecule has 0 aliphatic carbocycles. The van der Waals surface area contributed by atoms with Gasteiger partial charge in [0.15, 0.2) is 12.4 Å². The van der Waals surface area contributed by atoms with E-state index in [1.54, 1.807) is 18.5 Å². The molecule has 150 valence electrons. The third-order valence-corrected chi connectivity index (χ3v) is 4.78. The highest BCUT2D eigenvalue weighted by atomic mass is 16.5. The highest BCUT2D eigenvalue weighted by molar-refractivity contribution is 5.97. The number of aryl methyl sites for hydroxylation is 2. The van der Waals surface area contributed by atoms with Crippen molar-refractivity contribution in [3.05, 3.63) is 59.4 Å². The van der Waals surface area contributed by atoms with Crippen LogP contribution in [0.2, 0.25) is 0 Å². The average molecular weight is 393 g/mol. The van der Waals surface area contributed by atoms with Gasteiger partial charge in [0.25, 0.3) is 5.91 Å². The molecule has 1 atom stereocenters. The van der Waals surface area contributed by atoms with E-state index < -0.39 is 18.0 Å². The SMILES string of the molecule is Cc1nn(CCC(=O)O[C@H](C)C(=O)Nc2ccc3ccccc3c2)c(C)c1C=O. The first-order chi connectivity index (χ1) is 13.9. The monoisotopic (exact) mass is 393 g/mol. The van der Waals surface area contributed by atoms with Gasteiger partial charge in [0, 0.05) is 11.4 Å². The minimum absolute atomic E-state index is 0.0495. The number of carbonyl (C=O) groups excluding carboxylic acids is 3. The van der Waals surface area contributed by atoms with Gasteiger partial charge in [-0.3, -0.25) is 19.1 Å². The minimum atomic E-state index is -0.931. The first kappa shape index (κ1) is 20.3. The Hall–Kier alpha value is -3.48. The topological polar surface area (TPSA) is 90.3 Å². The summed E-state index contributed by atoms with van der Waals surface area (Å²) in [6.45, 7) is 5.32. The number of nitrogens with one attached hydrogen (secondary N) is 1. The summed E-state index contributed by atoms with van der Waals surface area (Å²) >= 11 is 0. The standard InChI is InChI=1S/C22H23N3O4/c1-14-20(13-26)15(2)25(24-14)11-10-21(27)29-16(3)22(28)23-19-9-8-17-6-4-5-7-18(17)12-19/h4-9,12-13,16H,10-11H2,1-3H3,(H,23,28)/t16-/m1/s1. The lowest BCUT2D eigenvalue weighted by molar-refractivity contribution is -0.153. The third-order valence-electron chi connectivity index (χ3n) is 4.78. The Kier molecular flexibility index (Phi) is 6.07. The maximum atomic E-state index is 12.4. The van der Waals surface area contributed by atoms with E-state index >= 15 is 0 Å². The van der Waals surface area contributed by atoms with E-state index in [4.69, 9.17) is 4.74 Å². The fraction of sp³-hybridized carbons (Fsp3) is 0.273. The molecule has 7 heteroatoms. The van der Waals surface area contributed by atoms with Crippen LogP contribution in [0.4, 0.5) is 5.69 Å². The lowest BCUT2D eigenvalue weighted by atomic mass is 10.1. The molecule has 0 saturated carbocycles. The summed E-state index contributed by atoms with van der Waals surface area (Å²) in [5, 5.41) is 9.10. The van der Waals surface area contributed by atoms with E-state index in [1.807, 2.05) is 42.5 Å². The molecule has 0 spiro atoms. The average Bonchev–Trinajstić information content (AvgIpc) is 2.98. The van der Waals surface area contributed by atoms with Crippen LogP contribution in [0.1, 0.15) is 35.1 Å². The Labute approximate surface area is 168 Å². The maximum Gasteiger partial charge on any atom is 0.308 e. The fourth-order valence-corrected chi connectivity index (χ4v) is 3.12. The van der Waals surface area contributed by atoms with Crippen LogP contribution in [0.25, 0.3) is 10.8 Å². The van der Waals surface area contributed by atoms with Gasteiger partial charge in [-0.25, -0.2) is 0 Å². The van der Waals surface area contributed by atoms with Crippen molar-refractivity contribution in [2.75, 3.05) is 5.32 Å². The quantitative estimate of drug-likeness (QED) is 0.491. The van der Waals surface area contributed by atoms with Crippen LogP contribution in [0, 0.1) is 13.8 Å². The van der Waals surface area contributed by atoms with Crippen molar-refractivity contribution >= 4 is 34.6 Å². The predicted octanol–water partition coefficient (Wildman–Crippen LogP) is 3.43. The molecule has 0 radical (unpaired) electrons. The van der Waals surface area contributed by atoms with Gasteiger partial charge in [-0.05, 0) is 43.7 Å². The molecule has 1 N–H and O–H groups in total. The number of aldehydes is 1. The van der Waals surface area contributed by atoms with Crippen LogP contribution < -0.4 is 5.32 Å². The molecule has 1 amide bonds. The first-order valence-electron chi connectivity index (χ1n) is 9.37. The molecule has 7 nitrogen and oxygen atoms in total. The molecular weight excluding hydrogens is 370 g/mol. The molecule has 0 aliphatic rings. The number of hydrogen-bond donors (Lipinski definition) is 1. The highest BCUT2D eigenvalue weighted by Gasteiger charge is 2.19. The second-order valence-corrected chi connectivity index (χ2v) is 6.86. The maximum absolute atomic E-state index is 12.4. The smallest absolute Gasteiger partial charge is 0.308 e. The Morgan fingerprint density at radius 2 is 1.90 bits per heavy atom. The number of hydrogen-bond acceptors (Lipinski definition) is 5. The molecule has 0 bridgehead atoms. The van der Waals surface area contributed by atoms with Crippen LogP contribution >= 0.6 is 0 Å².